The first kappa shape index (κ1) is 18.9. The normalized spacial score (nSPS) is 15.3. The molecule has 0 saturated carbocycles. The highest BCUT2D eigenvalue weighted by Crippen LogP contribution is 2.20. The van der Waals surface area contributed by atoms with E-state index in [4.69, 9.17) is 0 Å². The Morgan fingerprint density at radius 1 is 0.900 bits per heavy atom. The average Bonchev–Trinajstić information content (AvgIpc) is 3.20. The summed E-state index contributed by atoms with van der Waals surface area (Å²) in [7, 11) is 0. The number of piperazine rings is 1. The zero-order valence-corrected chi connectivity index (χ0v) is 17.1. The highest BCUT2D eigenvalue weighted by Gasteiger charge is 2.19. The molecule has 2 aromatic heterocycles. The second kappa shape index (κ2) is 8.32. The smallest absolute Gasteiger partial charge is 0.260 e. The molecule has 0 bridgehead atoms. The lowest BCUT2D eigenvalue weighted by atomic mass is 10.1. The molecular formula is C24H27N5O. The molecule has 6 nitrogen and oxygen atoms in total. The molecule has 2 N–H and O–H groups in total. The van der Waals surface area contributed by atoms with Gasteiger partial charge in [0.15, 0.2) is 0 Å². The van der Waals surface area contributed by atoms with Gasteiger partial charge in [-0.3, -0.25) is 14.7 Å². The van der Waals surface area contributed by atoms with Gasteiger partial charge in [0.25, 0.3) is 5.56 Å². The molecule has 1 saturated heterocycles. The van der Waals surface area contributed by atoms with Crippen molar-refractivity contribution in [2.45, 2.75) is 19.3 Å². The minimum Gasteiger partial charge on any atom is -0.361 e. The van der Waals surface area contributed by atoms with Gasteiger partial charge in [0, 0.05) is 43.3 Å². The molecule has 0 spiro atoms. The number of aryl methyl sites for hydroxylation is 1. The van der Waals surface area contributed by atoms with Crippen LogP contribution in [0.5, 0.6) is 0 Å². The summed E-state index contributed by atoms with van der Waals surface area (Å²) in [6.07, 6.45) is 5.67. The van der Waals surface area contributed by atoms with Crippen LogP contribution in [0.4, 0.5) is 5.95 Å². The van der Waals surface area contributed by atoms with Crippen LogP contribution in [-0.2, 0) is 6.42 Å². The number of para-hydroxylation sites is 2. The number of benzene rings is 2. The van der Waals surface area contributed by atoms with E-state index in [1.54, 1.807) is 0 Å². The van der Waals surface area contributed by atoms with Crippen molar-refractivity contribution in [3.63, 3.8) is 0 Å². The van der Waals surface area contributed by atoms with Gasteiger partial charge in [0.2, 0.25) is 5.95 Å². The molecule has 0 atom stereocenters. The van der Waals surface area contributed by atoms with Gasteiger partial charge in [-0.2, -0.15) is 0 Å². The van der Waals surface area contributed by atoms with E-state index in [1.165, 1.54) is 29.3 Å². The van der Waals surface area contributed by atoms with E-state index in [0.29, 0.717) is 11.3 Å². The quantitative estimate of drug-likeness (QED) is 0.485. The molecular weight excluding hydrogens is 374 g/mol. The fraction of sp³-hybridized carbons (Fsp3) is 0.333. The van der Waals surface area contributed by atoms with Crippen molar-refractivity contribution in [2.75, 3.05) is 37.6 Å². The number of aromatic nitrogens is 3. The first-order chi connectivity index (χ1) is 14.8. The Labute approximate surface area is 175 Å². The third kappa shape index (κ3) is 3.83. The topological polar surface area (TPSA) is 68.0 Å². The first-order valence-corrected chi connectivity index (χ1v) is 10.8. The van der Waals surface area contributed by atoms with Crippen molar-refractivity contribution in [2.24, 2.45) is 0 Å². The summed E-state index contributed by atoms with van der Waals surface area (Å²) in [4.78, 5) is 28.0. The molecule has 6 heteroatoms. The molecule has 1 fully saturated rings. The molecule has 0 unspecified atom stereocenters. The van der Waals surface area contributed by atoms with E-state index >= 15 is 0 Å². The molecule has 1 aliphatic heterocycles. The first-order valence-electron chi connectivity index (χ1n) is 10.8. The van der Waals surface area contributed by atoms with Crippen LogP contribution in [0.15, 0.2) is 59.5 Å². The number of aromatic amines is 2. The number of nitrogens with zero attached hydrogens (tertiary/aromatic N) is 3. The molecule has 30 heavy (non-hydrogen) atoms. The van der Waals surface area contributed by atoms with Gasteiger partial charge in [0.05, 0.1) is 10.9 Å². The van der Waals surface area contributed by atoms with E-state index in [-0.39, 0.29) is 5.56 Å². The number of hydrogen-bond donors (Lipinski definition) is 2. The van der Waals surface area contributed by atoms with Crippen molar-refractivity contribution in [1.29, 1.82) is 0 Å². The monoisotopic (exact) mass is 401 g/mol. The SMILES string of the molecule is O=c1[nH]c(N2CCN(CCCCc3c[nH]c4ccccc34)CC2)nc2ccccc12. The highest BCUT2D eigenvalue weighted by molar-refractivity contribution is 5.83. The minimum atomic E-state index is -0.0599. The third-order valence-electron chi connectivity index (χ3n) is 6.12. The van der Waals surface area contributed by atoms with Crippen molar-refractivity contribution in [3.05, 3.63) is 70.6 Å². The zero-order valence-electron chi connectivity index (χ0n) is 17.1. The molecule has 1 aliphatic rings. The molecule has 0 aliphatic carbocycles. The summed E-state index contributed by atoms with van der Waals surface area (Å²) in [6.45, 7) is 4.92. The van der Waals surface area contributed by atoms with Gasteiger partial charge in [-0.1, -0.05) is 30.3 Å². The standard InChI is InChI=1S/C24H27N5O/c30-23-20-9-2-4-11-22(20)26-24(27-23)29-15-13-28(14-16-29)12-6-5-7-18-17-25-21-10-3-1-8-19(18)21/h1-4,8-11,17,25H,5-7,12-16H2,(H,26,27,30). The fourth-order valence-corrected chi connectivity index (χ4v) is 4.40. The van der Waals surface area contributed by atoms with Gasteiger partial charge < -0.3 is 9.88 Å². The molecule has 0 amide bonds. The summed E-state index contributed by atoms with van der Waals surface area (Å²) in [6, 6.07) is 16.0. The minimum absolute atomic E-state index is 0.0599. The Bertz CT molecular complexity index is 1200. The van der Waals surface area contributed by atoms with Crippen molar-refractivity contribution in [1.82, 2.24) is 19.9 Å². The van der Waals surface area contributed by atoms with Crippen LogP contribution in [0.3, 0.4) is 0 Å². The van der Waals surface area contributed by atoms with Crippen LogP contribution in [0.25, 0.3) is 21.8 Å². The predicted octanol–water partition coefficient (Wildman–Crippen LogP) is 3.55. The number of rotatable bonds is 6. The summed E-state index contributed by atoms with van der Waals surface area (Å²) >= 11 is 0. The Morgan fingerprint density at radius 2 is 1.67 bits per heavy atom. The maximum atomic E-state index is 12.3. The van der Waals surface area contributed by atoms with Crippen LogP contribution in [0, 0.1) is 0 Å². The fourth-order valence-electron chi connectivity index (χ4n) is 4.40. The Morgan fingerprint density at radius 3 is 2.53 bits per heavy atom. The van der Waals surface area contributed by atoms with Crippen molar-refractivity contribution < 1.29 is 0 Å². The number of H-pyrrole nitrogens is 2. The Hall–Kier alpha value is -3.12. The van der Waals surface area contributed by atoms with Crippen LogP contribution in [-0.4, -0.2) is 52.6 Å². The van der Waals surface area contributed by atoms with Gasteiger partial charge in [0.1, 0.15) is 0 Å². The lowest BCUT2D eigenvalue weighted by molar-refractivity contribution is 0.252. The second-order valence-electron chi connectivity index (χ2n) is 8.05. The molecule has 5 rings (SSSR count). The second-order valence-corrected chi connectivity index (χ2v) is 8.05. The number of fused-ring (bicyclic) bond motifs is 2. The van der Waals surface area contributed by atoms with E-state index in [1.807, 2.05) is 24.3 Å². The third-order valence-corrected chi connectivity index (χ3v) is 6.12. The van der Waals surface area contributed by atoms with Gasteiger partial charge >= 0.3 is 0 Å². The lowest BCUT2D eigenvalue weighted by Gasteiger charge is -2.35. The van der Waals surface area contributed by atoms with E-state index < -0.39 is 0 Å². The highest BCUT2D eigenvalue weighted by atomic mass is 16.1. The van der Waals surface area contributed by atoms with E-state index in [0.717, 1.165) is 44.7 Å². The molecule has 3 heterocycles. The number of nitrogens with one attached hydrogen (secondary N) is 2. The molecule has 154 valence electrons. The summed E-state index contributed by atoms with van der Waals surface area (Å²) < 4.78 is 0. The molecule has 4 aromatic rings. The average molecular weight is 402 g/mol. The summed E-state index contributed by atoms with van der Waals surface area (Å²) in [5.74, 6) is 0.692. The molecule has 0 radical (unpaired) electrons. The zero-order chi connectivity index (χ0) is 20.3. The predicted molar refractivity (Wildman–Crippen MR) is 122 cm³/mol. The van der Waals surface area contributed by atoms with Crippen LogP contribution < -0.4 is 10.5 Å². The summed E-state index contributed by atoms with van der Waals surface area (Å²) in [5, 5.41) is 2.00. The van der Waals surface area contributed by atoms with Crippen LogP contribution in [0.2, 0.25) is 0 Å². The van der Waals surface area contributed by atoms with Gasteiger partial charge in [-0.15, -0.1) is 0 Å². The summed E-state index contributed by atoms with van der Waals surface area (Å²) in [5.41, 5.74) is 3.34. The van der Waals surface area contributed by atoms with Gasteiger partial charge in [-0.05, 0) is 49.6 Å². The van der Waals surface area contributed by atoms with Crippen LogP contribution in [0.1, 0.15) is 18.4 Å². The number of hydrogen-bond acceptors (Lipinski definition) is 4. The number of anilines is 1. The van der Waals surface area contributed by atoms with Gasteiger partial charge in [-0.25, -0.2) is 4.98 Å². The number of unbranched alkanes of at least 4 members (excludes halogenated alkanes) is 1. The Balaban J connectivity index is 1.12. The molecule has 2 aromatic carbocycles. The largest absolute Gasteiger partial charge is 0.361 e. The van der Waals surface area contributed by atoms with Crippen LogP contribution >= 0.6 is 0 Å². The van der Waals surface area contributed by atoms with Crippen molar-refractivity contribution in [3.8, 4) is 0 Å². The van der Waals surface area contributed by atoms with Crippen molar-refractivity contribution >= 4 is 27.8 Å². The Kier molecular flexibility index (Phi) is 5.24. The lowest BCUT2D eigenvalue weighted by Crippen LogP contribution is -2.47. The maximum Gasteiger partial charge on any atom is 0.260 e. The maximum absolute atomic E-state index is 12.3. The van der Waals surface area contributed by atoms with E-state index in [2.05, 4.69) is 55.2 Å². The van der Waals surface area contributed by atoms with E-state index in [9.17, 15) is 4.79 Å².